The van der Waals surface area contributed by atoms with Crippen molar-refractivity contribution in [3.63, 3.8) is 0 Å². The van der Waals surface area contributed by atoms with Gasteiger partial charge in [-0.3, -0.25) is 15.6 Å². The summed E-state index contributed by atoms with van der Waals surface area (Å²) >= 11 is 5.06. The van der Waals surface area contributed by atoms with Crippen LogP contribution < -0.4 is 16.2 Å². The number of carbonyl (C=O) groups is 1. The van der Waals surface area contributed by atoms with E-state index in [1.165, 1.54) is 24.3 Å². The van der Waals surface area contributed by atoms with Crippen molar-refractivity contribution in [1.29, 1.82) is 0 Å². The molecule has 28 heavy (non-hydrogen) atoms. The number of nitrogens with one attached hydrogen (secondary N) is 3. The predicted octanol–water partition coefficient (Wildman–Crippen LogP) is 4.60. The molecular weight excluding hydrogens is 391 g/mol. The first-order chi connectivity index (χ1) is 13.3. The first kappa shape index (κ1) is 19.4. The first-order valence-corrected chi connectivity index (χ1v) is 8.43. The summed E-state index contributed by atoms with van der Waals surface area (Å²) in [7, 11) is 0. The number of hydrazine groups is 1. The minimum atomic E-state index is -4.46. The largest absolute Gasteiger partial charge is 0.451 e. The summed E-state index contributed by atoms with van der Waals surface area (Å²) in [6, 6.07) is 16.5. The van der Waals surface area contributed by atoms with Crippen LogP contribution in [-0.4, -0.2) is 11.0 Å². The first-order valence-electron chi connectivity index (χ1n) is 8.03. The zero-order chi connectivity index (χ0) is 20.1. The van der Waals surface area contributed by atoms with Crippen LogP contribution in [0.15, 0.2) is 71.1 Å². The van der Waals surface area contributed by atoms with Crippen LogP contribution in [-0.2, 0) is 6.18 Å². The van der Waals surface area contributed by atoms with Crippen molar-refractivity contribution in [2.24, 2.45) is 0 Å². The molecule has 0 fully saturated rings. The van der Waals surface area contributed by atoms with Crippen LogP contribution in [0.2, 0.25) is 0 Å². The maximum Gasteiger partial charge on any atom is 0.416 e. The van der Waals surface area contributed by atoms with Gasteiger partial charge in [-0.25, -0.2) is 0 Å². The second-order valence-electron chi connectivity index (χ2n) is 5.64. The normalized spacial score (nSPS) is 11.0. The van der Waals surface area contributed by atoms with Crippen LogP contribution >= 0.6 is 12.2 Å². The highest BCUT2D eigenvalue weighted by molar-refractivity contribution is 7.80. The number of halogens is 3. The van der Waals surface area contributed by atoms with Crippen molar-refractivity contribution in [2.75, 3.05) is 5.32 Å². The van der Waals surface area contributed by atoms with Gasteiger partial charge in [0, 0.05) is 11.3 Å². The van der Waals surface area contributed by atoms with E-state index in [4.69, 9.17) is 16.6 Å². The van der Waals surface area contributed by atoms with Gasteiger partial charge in [-0.1, -0.05) is 30.3 Å². The summed E-state index contributed by atoms with van der Waals surface area (Å²) < 4.78 is 43.9. The number of rotatable bonds is 3. The Hall–Kier alpha value is -3.33. The van der Waals surface area contributed by atoms with Gasteiger partial charge in [0.1, 0.15) is 5.76 Å². The fraction of sp³-hybridized carbons (Fsp3) is 0.0526. The van der Waals surface area contributed by atoms with Crippen LogP contribution in [0.5, 0.6) is 0 Å². The third-order valence-electron chi connectivity index (χ3n) is 3.63. The number of para-hydroxylation sites is 1. The zero-order valence-corrected chi connectivity index (χ0v) is 15.0. The molecule has 0 saturated carbocycles. The highest BCUT2D eigenvalue weighted by atomic mass is 32.1. The van der Waals surface area contributed by atoms with E-state index in [1.54, 1.807) is 12.1 Å². The van der Waals surface area contributed by atoms with E-state index in [0.717, 1.165) is 17.8 Å². The molecule has 144 valence electrons. The quantitative estimate of drug-likeness (QED) is 0.439. The number of alkyl halides is 3. The summed E-state index contributed by atoms with van der Waals surface area (Å²) in [4.78, 5) is 12.1. The standard InChI is InChI=1S/C19H14F3N3O2S/c20-19(21,22)13-6-4-5-12(11-13)15-9-10-16(27-15)17(26)24-25-18(28)23-14-7-2-1-3-8-14/h1-11H,(H,24,26)(H2,23,25,28). The smallest absolute Gasteiger partial charge is 0.416 e. The molecule has 0 radical (unpaired) electrons. The number of thiocarbonyl (C=S) groups is 1. The Bertz CT molecular complexity index is 987. The fourth-order valence-corrected chi connectivity index (χ4v) is 2.49. The summed E-state index contributed by atoms with van der Waals surface area (Å²) in [5.74, 6) is -0.570. The Morgan fingerprint density at radius 3 is 2.39 bits per heavy atom. The summed E-state index contributed by atoms with van der Waals surface area (Å²) in [5.41, 5.74) is 5.02. The lowest BCUT2D eigenvalue weighted by atomic mass is 10.1. The Labute approximate surface area is 163 Å². The number of carbonyl (C=O) groups excluding carboxylic acids is 1. The lowest BCUT2D eigenvalue weighted by Crippen LogP contribution is -2.43. The lowest BCUT2D eigenvalue weighted by Gasteiger charge is -2.10. The number of hydrogen-bond donors (Lipinski definition) is 3. The van der Waals surface area contributed by atoms with Crippen molar-refractivity contribution in [3.8, 4) is 11.3 Å². The third-order valence-corrected chi connectivity index (χ3v) is 3.83. The molecule has 0 bridgehead atoms. The van der Waals surface area contributed by atoms with Gasteiger partial charge in [0.25, 0.3) is 0 Å². The molecule has 0 spiro atoms. The van der Waals surface area contributed by atoms with Crippen molar-refractivity contribution in [1.82, 2.24) is 10.9 Å². The minimum Gasteiger partial charge on any atom is -0.451 e. The second-order valence-corrected chi connectivity index (χ2v) is 6.05. The molecule has 1 heterocycles. The van der Waals surface area contributed by atoms with E-state index in [0.29, 0.717) is 0 Å². The minimum absolute atomic E-state index is 0.0811. The van der Waals surface area contributed by atoms with Crippen molar-refractivity contribution >= 4 is 28.9 Å². The molecule has 3 N–H and O–H groups in total. The van der Waals surface area contributed by atoms with E-state index >= 15 is 0 Å². The van der Waals surface area contributed by atoms with Crippen LogP contribution in [0, 0.1) is 0 Å². The number of anilines is 1. The molecule has 0 aliphatic carbocycles. The zero-order valence-electron chi connectivity index (χ0n) is 14.2. The molecule has 3 rings (SSSR count). The lowest BCUT2D eigenvalue weighted by molar-refractivity contribution is -0.137. The monoisotopic (exact) mass is 405 g/mol. The molecule has 0 unspecified atom stereocenters. The predicted molar refractivity (Wildman–Crippen MR) is 102 cm³/mol. The van der Waals surface area contributed by atoms with Gasteiger partial charge in [-0.2, -0.15) is 13.2 Å². The maximum atomic E-state index is 12.8. The van der Waals surface area contributed by atoms with Gasteiger partial charge in [-0.15, -0.1) is 0 Å². The molecule has 9 heteroatoms. The van der Waals surface area contributed by atoms with E-state index < -0.39 is 17.6 Å². The molecule has 1 amide bonds. The van der Waals surface area contributed by atoms with E-state index in [1.807, 2.05) is 18.2 Å². The number of furan rings is 1. The Balaban J connectivity index is 1.62. The Morgan fingerprint density at radius 2 is 1.68 bits per heavy atom. The van der Waals surface area contributed by atoms with Gasteiger partial charge >= 0.3 is 12.1 Å². The summed E-state index contributed by atoms with van der Waals surface area (Å²) in [6.07, 6.45) is -4.46. The SMILES string of the molecule is O=C(NNC(=S)Nc1ccccc1)c1ccc(-c2cccc(C(F)(F)F)c2)o1. The van der Waals surface area contributed by atoms with Crippen molar-refractivity contribution < 1.29 is 22.4 Å². The molecule has 0 aliphatic heterocycles. The van der Waals surface area contributed by atoms with Gasteiger partial charge in [0.2, 0.25) is 0 Å². The van der Waals surface area contributed by atoms with Gasteiger partial charge < -0.3 is 9.73 Å². The fourth-order valence-electron chi connectivity index (χ4n) is 2.32. The maximum absolute atomic E-state index is 12.8. The van der Waals surface area contributed by atoms with Crippen LogP contribution in [0.25, 0.3) is 11.3 Å². The van der Waals surface area contributed by atoms with Crippen LogP contribution in [0.1, 0.15) is 16.1 Å². The Kier molecular flexibility index (Phi) is 5.65. The van der Waals surface area contributed by atoms with Crippen molar-refractivity contribution in [3.05, 3.63) is 78.1 Å². The van der Waals surface area contributed by atoms with Crippen LogP contribution in [0.4, 0.5) is 18.9 Å². The molecule has 5 nitrogen and oxygen atoms in total. The summed E-state index contributed by atoms with van der Waals surface area (Å²) in [6.45, 7) is 0. The average Bonchev–Trinajstić information content (AvgIpc) is 3.17. The molecule has 0 atom stereocenters. The van der Waals surface area contributed by atoms with Gasteiger partial charge in [0.15, 0.2) is 10.9 Å². The molecular formula is C19H14F3N3O2S. The molecule has 3 aromatic rings. The average molecular weight is 405 g/mol. The van der Waals surface area contributed by atoms with Gasteiger partial charge in [0.05, 0.1) is 5.56 Å². The molecule has 1 aromatic heterocycles. The third kappa shape index (κ3) is 4.89. The molecule has 0 saturated heterocycles. The topological polar surface area (TPSA) is 66.3 Å². The Morgan fingerprint density at radius 1 is 0.929 bits per heavy atom. The summed E-state index contributed by atoms with van der Waals surface area (Å²) in [5, 5.41) is 3.03. The molecule has 2 aromatic carbocycles. The van der Waals surface area contributed by atoms with Crippen molar-refractivity contribution in [2.45, 2.75) is 6.18 Å². The van der Waals surface area contributed by atoms with Gasteiger partial charge in [-0.05, 0) is 48.6 Å². The molecule has 0 aliphatic rings. The highest BCUT2D eigenvalue weighted by Crippen LogP contribution is 2.32. The van der Waals surface area contributed by atoms with Crippen LogP contribution in [0.3, 0.4) is 0 Å². The van der Waals surface area contributed by atoms with E-state index in [9.17, 15) is 18.0 Å². The van der Waals surface area contributed by atoms with E-state index in [2.05, 4.69) is 16.2 Å². The number of hydrogen-bond acceptors (Lipinski definition) is 3. The van der Waals surface area contributed by atoms with E-state index in [-0.39, 0.29) is 22.2 Å². The second kappa shape index (κ2) is 8.13. The number of benzene rings is 2. The highest BCUT2D eigenvalue weighted by Gasteiger charge is 2.30. The number of amides is 1.